The van der Waals surface area contributed by atoms with Gasteiger partial charge >= 0.3 is 0 Å². The molecule has 1 heterocycles. The normalized spacial score (nSPS) is 15.2. The average Bonchev–Trinajstić information content (AvgIpc) is 2.75. The van der Waals surface area contributed by atoms with Crippen molar-refractivity contribution in [3.05, 3.63) is 71.0 Å². The number of aromatic nitrogens is 3. The number of nitrogens with two attached hydrogens (primary N) is 1. The zero-order valence-corrected chi connectivity index (χ0v) is 18.3. The van der Waals surface area contributed by atoms with Crippen molar-refractivity contribution in [2.45, 2.75) is 38.0 Å². The number of hydrogen-bond acceptors (Lipinski definition) is 7. The Morgan fingerprint density at radius 1 is 1.13 bits per heavy atom. The van der Waals surface area contributed by atoms with Crippen LogP contribution in [-0.4, -0.2) is 26.6 Å². The molecule has 0 saturated carbocycles. The largest absolute Gasteiger partial charge is 0.368 e. The van der Waals surface area contributed by atoms with Crippen LogP contribution in [0.4, 0.5) is 17.6 Å². The van der Waals surface area contributed by atoms with Crippen LogP contribution < -0.4 is 16.4 Å². The van der Waals surface area contributed by atoms with Crippen LogP contribution in [0.1, 0.15) is 41.4 Å². The Morgan fingerprint density at radius 3 is 2.81 bits per heavy atom. The number of amides is 1. The van der Waals surface area contributed by atoms with Crippen LogP contribution in [0.5, 0.6) is 0 Å². The molecular weight excluding hydrogens is 408 g/mol. The number of rotatable bonds is 7. The number of nitrogen functional groups attached to an aromatic ring is 1. The Balaban J connectivity index is 1.32. The van der Waals surface area contributed by atoms with Gasteiger partial charge < -0.3 is 16.4 Å². The maximum Gasteiger partial charge on any atom is 0.232 e. The predicted octanol–water partition coefficient (Wildman–Crippen LogP) is 3.93. The summed E-state index contributed by atoms with van der Waals surface area (Å²) in [5.74, 6) is 1.94. The minimum atomic E-state index is 0.0204. The standard InChI is InChI=1S/C23H26N6OS/c1-15-7-2-5-11-18(15)26-23-28-20(27-22(24)29-23)13-31-14-21(30)25-19-12-6-9-16-8-3-4-10-17(16)19/h2-5,7-8,10-11,19H,6,9,12-14H2,1H3,(H,25,30)(H3,24,26,27,28,29). The lowest BCUT2D eigenvalue weighted by atomic mass is 9.88. The summed E-state index contributed by atoms with van der Waals surface area (Å²) in [5, 5.41) is 6.36. The number of nitrogens with zero attached hydrogens (tertiary/aromatic N) is 3. The van der Waals surface area contributed by atoms with E-state index in [4.69, 9.17) is 5.73 Å². The van der Waals surface area contributed by atoms with E-state index in [0.717, 1.165) is 30.5 Å². The summed E-state index contributed by atoms with van der Waals surface area (Å²) in [5.41, 5.74) is 10.4. The van der Waals surface area contributed by atoms with Gasteiger partial charge in [-0.1, -0.05) is 42.5 Å². The van der Waals surface area contributed by atoms with Crippen molar-refractivity contribution in [1.29, 1.82) is 0 Å². The summed E-state index contributed by atoms with van der Waals surface area (Å²) < 4.78 is 0. The summed E-state index contributed by atoms with van der Waals surface area (Å²) in [6.45, 7) is 2.01. The summed E-state index contributed by atoms with van der Waals surface area (Å²) in [4.78, 5) is 25.3. The van der Waals surface area contributed by atoms with Gasteiger partial charge in [-0.2, -0.15) is 15.0 Å². The van der Waals surface area contributed by atoms with Gasteiger partial charge in [-0.25, -0.2) is 0 Å². The molecule has 0 aliphatic heterocycles. The van der Waals surface area contributed by atoms with Gasteiger partial charge in [0.2, 0.25) is 17.8 Å². The molecule has 0 saturated heterocycles. The zero-order valence-electron chi connectivity index (χ0n) is 17.5. The van der Waals surface area contributed by atoms with E-state index in [1.807, 2.05) is 37.3 Å². The number of para-hydroxylation sites is 1. The molecule has 1 aliphatic rings. The second kappa shape index (κ2) is 9.78. The fourth-order valence-electron chi connectivity index (χ4n) is 3.77. The highest BCUT2D eigenvalue weighted by Gasteiger charge is 2.21. The molecule has 1 aromatic heterocycles. The zero-order chi connectivity index (χ0) is 21.6. The number of benzene rings is 2. The maximum absolute atomic E-state index is 12.5. The Kier molecular flexibility index (Phi) is 6.66. The van der Waals surface area contributed by atoms with Crippen molar-refractivity contribution in [2.75, 3.05) is 16.8 Å². The van der Waals surface area contributed by atoms with E-state index in [1.54, 1.807) is 0 Å². The SMILES string of the molecule is Cc1ccccc1Nc1nc(N)nc(CSCC(=O)NC2CCCc3ccccc32)n1. The summed E-state index contributed by atoms with van der Waals surface area (Å²) in [6, 6.07) is 16.3. The minimum absolute atomic E-state index is 0.0204. The lowest BCUT2D eigenvalue weighted by Gasteiger charge is -2.26. The van der Waals surface area contributed by atoms with Gasteiger partial charge in [-0.3, -0.25) is 4.79 Å². The highest BCUT2D eigenvalue weighted by Crippen LogP contribution is 2.29. The van der Waals surface area contributed by atoms with Gasteiger partial charge in [-0.15, -0.1) is 11.8 Å². The first-order chi connectivity index (χ1) is 15.1. The third-order valence-corrected chi connectivity index (χ3v) is 6.19. The fraction of sp³-hybridized carbons (Fsp3) is 0.304. The first-order valence-electron chi connectivity index (χ1n) is 10.4. The Hall–Kier alpha value is -3.13. The smallest absolute Gasteiger partial charge is 0.232 e. The first kappa shape index (κ1) is 21.1. The van der Waals surface area contributed by atoms with Crippen molar-refractivity contribution in [3.8, 4) is 0 Å². The van der Waals surface area contributed by atoms with Gasteiger partial charge in [-0.05, 0) is 48.9 Å². The van der Waals surface area contributed by atoms with E-state index in [0.29, 0.717) is 23.3 Å². The number of anilines is 3. The molecule has 0 spiro atoms. The molecule has 4 rings (SSSR count). The van der Waals surface area contributed by atoms with E-state index < -0.39 is 0 Å². The van der Waals surface area contributed by atoms with Crippen LogP contribution in [0, 0.1) is 6.92 Å². The third-order valence-electron chi connectivity index (χ3n) is 5.26. The Labute approximate surface area is 186 Å². The quantitative estimate of drug-likeness (QED) is 0.517. The topological polar surface area (TPSA) is 106 Å². The van der Waals surface area contributed by atoms with Gasteiger partial charge in [0.05, 0.1) is 17.5 Å². The molecule has 1 amide bonds. The lowest BCUT2D eigenvalue weighted by Crippen LogP contribution is -2.32. The summed E-state index contributed by atoms with van der Waals surface area (Å²) >= 11 is 1.46. The van der Waals surface area contributed by atoms with Crippen LogP contribution in [-0.2, 0) is 17.0 Å². The van der Waals surface area contributed by atoms with Crippen molar-refractivity contribution in [2.24, 2.45) is 0 Å². The molecule has 0 radical (unpaired) electrons. The van der Waals surface area contributed by atoms with Crippen LogP contribution in [0.15, 0.2) is 48.5 Å². The van der Waals surface area contributed by atoms with Crippen LogP contribution >= 0.6 is 11.8 Å². The number of thioether (sulfide) groups is 1. The Morgan fingerprint density at radius 2 is 1.94 bits per heavy atom. The molecule has 4 N–H and O–H groups in total. The summed E-state index contributed by atoms with van der Waals surface area (Å²) in [7, 11) is 0. The molecule has 1 unspecified atom stereocenters. The average molecular weight is 435 g/mol. The van der Waals surface area contributed by atoms with Crippen molar-refractivity contribution >= 4 is 35.3 Å². The molecule has 0 fully saturated rings. The highest BCUT2D eigenvalue weighted by molar-refractivity contribution is 7.99. The monoisotopic (exact) mass is 434 g/mol. The number of fused-ring (bicyclic) bond motifs is 1. The lowest BCUT2D eigenvalue weighted by molar-refractivity contribution is -0.119. The summed E-state index contributed by atoms with van der Waals surface area (Å²) in [6.07, 6.45) is 3.15. The molecule has 1 aliphatic carbocycles. The highest BCUT2D eigenvalue weighted by atomic mass is 32.2. The molecule has 7 nitrogen and oxygen atoms in total. The van der Waals surface area contributed by atoms with Crippen molar-refractivity contribution in [3.63, 3.8) is 0 Å². The number of carbonyl (C=O) groups is 1. The molecule has 1 atom stereocenters. The molecule has 0 bridgehead atoms. The maximum atomic E-state index is 12.5. The van der Waals surface area contributed by atoms with Crippen molar-refractivity contribution < 1.29 is 4.79 Å². The van der Waals surface area contributed by atoms with Gasteiger partial charge in [0.25, 0.3) is 0 Å². The van der Waals surface area contributed by atoms with Crippen LogP contribution in [0.2, 0.25) is 0 Å². The number of aryl methyl sites for hydroxylation is 2. The first-order valence-corrected chi connectivity index (χ1v) is 11.5. The Bertz CT molecular complexity index is 1070. The van der Waals surface area contributed by atoms with Gasteiger partial charge in [0.15, 0.2) is 0 Å². The molecule has 3 aromatic rings. The number of carbonyl (C=O) groups excluding carboxylic acids is 1. The van der Waals surface area contributed by atoms with E-state index in [2.05, 4.69) is 43.8 Å². The predicted molar refractivity (Wildman–Crippen MR) is 125 cm³/mol. The minimum Gasteiger partial charge on any atom is -0.368 e. The van der Waals surface area contributed by atoms with E-state index >= 15 is 0 Å². The molecule has 31 heavy (non-hydrogen) atoms. The molecule has 2 aromatic carbocycles. The molecule has 8 heteroatoms. The number of hydrogen-bond donors (Lipinski definition) is 3. The van der Waals surface area contributed by atoms with Gasteiger partial charge in [0, 0.05) is 5.69 Å². The van der Waals surface area contributed by atoms with E-state index in [1.165, 1.54) is 22.9 Å². The third kappa shape index (κ3) is 5.52. The fourth-order valence-corrected chi connectivity index (χ4v) is 4.45. The second-order valence-electron chi connectivity index (χ2n) is 7.58. The van der Waals surface area contributed by atoms with Gasteiger partial charge in [0.1, 0.15) is 5.82 Å². The van der Waals surface area contributed by atoms with E-state index in [9.17, 15) is 4.79 Å². The van der Waals surface area contributed by atoms with Crippen molar-refractivity contribution in [1.82, 2.24) is 20.3 Å². The number of nitrogens with one attached hydrogen (secondary N) is 2. The second-order valence-corrected chi connectivity index (χ2v) is 8.56. The molecular formula is C23H26N6OS. The van der Waals surface area contributed by atoms with E-state index in [-0.39, 0.29) is 17.9 Å². The van der Waals surface area contributed by atoms with Crippen LogP contribution in [0.25, 0.3) is 0 Å². The van der Waals surface area contributed by atoms with Crippen LogP contribution in [0.3, 0.4) is 0 Å². The molecule has 160 valence electrons.